The van der Waals surface area contributed by atoms with Crippen LogP contribution in [0.25, 0.3) is 0 Å². The molecule has 1 rings (SSSR count). The number of benzene rings is 1. The topological polar surface area (TPSA) is 9.23 Å². The summed E-state index contributed by atoms with van der Waals surface area (Å²) in [5.74, 6) is 0.575. The van der Waals surface area contributed by atoms with Gasteiger partial charge in [-0.15, -0.1) is 0 Å². The molecular weight excluding hydrogens is 306 g/mol. The maximum atomic E-state index is 11.9. The molecule has 0 radical (unpaired) electrons. The summed E-state index contributed by atoms with van der Waals surface area (Å²) in [6, 6.07) is 3.38. The molecule has 0 aliphatic heterocycles. The smallest absolute Gasteiger partial charge is 0.142 e. The Morgan fingerprint density at radius 2 is 2.07 bits per heavy atom. The first-order chi connectivity index (χ1) is 7.19. The Bertz CT molecular complexity index is 333. The van der Waals surface area contributed by atoms with Crippen molar-refractivity contribution in [3.05, 3.63) is 27.7 Å². The predicted molar refractivity (Wildman–Crippen MR) is 65.2 cm³/mol. The highest BCUT2D eigenvalue weighted by molar-refractivity contribution is 9.08. The van der Waals surface area contributed by atoms with Gasteiger partial charge in [0.15, 0.2) is 0 Å². The van der Waals surface area contributed by atoms with Gasteiger partial charge in [-0.25, -0.2) is 0 Å². The third kappa shape index (κ3) is 3.82. The molecule has 0 saturated heterocycles. The Balaban J connectivity index is 2.84. The van der Waals surface area contributed by atoms with Crippen molar-refractivity contribution < 1.29 is 9.13 Å². The third-order valence-electron chi connectivity index (χ3n) is 1.75. The van der Waals surface area contributed by atoms with Crippen LogP contribution >= 0.6 is 39.1 Å². The molecule has 0 spiro atoms. The van der Waals surface area contributed by atoms with Crippen LogP contribution in [0, 0.1) is 0 Å². The molecule has 0 amide bonds. The van der Waals surface area contributed by atoms with E-state index in [9.17, 15) is 4.39 Å². The molecule has 0 heterocycles. The van der Waals surface area contributed by atoms with E-state index in [0.717, 1.165) is 5.56 Å². The van der Waals surface area contributed by atoms with Crippen LogP contribution in [-0.4, -0.2) is 13.3 Å². The minimum atomic E-state index is -0.394. The molecule has 84 valence electrons. The molecule has 1 aromatic carbocycles. The normalized spacial score (nSPS) is 10.4. The van der Waals surface area contributed by atoms with Gasteiger partial charge in [0.2, 0.25) is 0 Å². The monoisotopic (exact) mass is 314 g/mol. The highest BCUT2D eigenvalue weighted by atomic mass is 79.9. The van der Waals surface area contributed by atoms with Gasteiger partial charge >= 0.3 is 0 Å². The number of alkyl halides is 2. The second-order valence-electron chi connectivity index (χ2n) is 2.90. The minimum Gasteiger partial charge on any atom is -0.492 e. The highest BCUT2D eigenvalue weighted by Crippen LogP contribution is 2.33. The first kappa shape index (κ1) is 13.1. The third-order valence-corrected chi connectivity index (χ3v) is 2.86. The molecule has 0 aromatic heterocycles. The van der Waals surface area contributed by atoms with Gasteiger partial charge in [0.05, 0.1) is 18.3 Å². The Morgan fingerprint density at radius 1 is 1.33 bits per heavy atom. The van der Waals surface area contributed by atoms with E-state index < -0.39 is 6.67 Å². The van der Waals surface area contributed by atoms with Gasteiger partial charge in [0, 0.05) is 22.3 Å². The number of hydrogen-bond donors (Lipinski definition) is 0. The zero-order valence-electron chi connectivity index (χ0n) is 7.90. The summed E-state index contributed by atoms with van der Waals surface area (Å²) in [6.45, 7) is -0.0767. The fourth-order valence-corrected chi connectivity index (χ4v) is 2.11. The maximum Gasteiger partial charge on any atom is 0.142 e. The van der Waals surface area contributed by atoms with Crippen LogP contribution in [0.3, 0.4) is 0 Å². The lowest BCUT2D eigenvalue weighted by molar-refractivity contribution is 0.288. The average Bonchev–Trinajstić information content (AvgIpc) is 2.20. The minimum absolute atomic E-state index is 0.317. The molecule has 0 aliphatic carbocycles. The van der Waals surface area contributed by atoms with Crippen molar-refractivity contribution in [1.29, 1.82) is 0 Å². The van der Waals surface area contributed by atoms with Crippen molar-refractivity contribution >= 4 is 39.1 Å². The molecule has 5 heteroatoms. The molecule has 15 heavy (non-hydrogen) atoms. The Labute approximate surface area is 107 Å². The summed E-state index contributed by atoms with van der Waals surface area (Å²) in [5, 5.41) is 1.61. The van der Waals surface area contributed by atoms with Gasteiger partial charge in [-0.1, -0.05) is 39.1 Å². The van der Waals surface area contributed by atoms with Gasteiger partial charge in [-0.05, 0) is 12.1 Å². The number of ether oxygens (including phenoxy) is 1. The summed E-state index contributed by atoms with van der Waals surface area (Å²) < 4.78 is 17.3. The van der Waals surface area contributed by atoms with Gasteiger partial charge in [-0.3, -0.25) is 4.39 Å². The second kappa shape index (κ2) is 6.56. The second-order valence-corrected chi connectivity index (χ2v) is 4.30. The maximum absolute atomic E-state index is 11.9. The fourth-order valence-electron chi connectivity index (χ4n) is 1.10. The SMILES string of the molecule is FCCCOc1c(Cl)cc(Cl)cc1CBr. The lowest BCUT2D eigenvalue weighted by Crippen LogP contribution is -2.01. The lowest BCUT2D eigenvalue weighted by atomic mass is 10.2. The predicted octanol–water partition coefficient (Wildman–Crippen LogP) is 4.63. The lowest BCUT2D eigenvalue weighted by Gasteiger charge is -2.11. The zero-order valence-corrected chi connectivity index (χ0v) is 11.0. The van der Waals surface area contributed by atoms with Crippen LogP contribution in [0.5, 0.6) is 5.75 Å². The van der Waals surface area contributed by atoms with E-state index in [1.807, 2.05) is 0 Å². The largest absolute Gasteiger partial charge is 0.492 e. The summed E-state index contributed by atoms with van der Waals surface area (Å²) in [7, 11) is 0. The molecule has 0 unspecified atom stereocenters. The van der Waals surface area contributed by atoms with E-state index >= 15 is 0 Å². The van der Waals surface area contributed by atoms with Crippen molar-refractivity contribution in [3.8, 4) is 5.75 Å². The molecule has 0 bridgehead atoms. The highest BCUT2D eigenvalue weighted by Gasteiger charge is 2.09. The Kier molecular flexibility index (Phi) is 5.72. The molecule has 0 saturated carbocycles. The first-order valence-corrected chi connectivity index (χ1v) is 6.29. The number of rotatable bonds is 5. The summed E-state index contributed by atoms with van der Waals surface area (Å²) in [4.78, 5) is 0. The van der Waals surface area contributed by atoms with E-state index in [0.29, 0.717) is 34.2 Å². The van der Waals surface area contributed by atoms with Crippen LogP contribution < -0.4 is 4.74 Å². The molecule has 0 fully saturated rings. The van der Waals surface area contributed by atoms with Crippen molar-refractivity contribution in [2.75, 3.05) is 13.3 Å². The van der Waals surface area contributed by atoms with Gasteiger partial charge in [0.1, 0.15) is 5.75 Å². The van der Waals surface area contributed by atoms with E-state index in [-0.39, 0.29) is 0 Å². The number of halogens is 4. The molecule has 0 N–H and O–H groups in total. The molecule has 1 nitrogen and oxygen atoms in total. The van der Waals surface area contributed by atoms with Crippen LogP contribution in [0.15, 0.2) is 12.1 Å². The molecule has 0 aliphatic rings. The fraction of sp³-hybridized carbons (Fsp3) is 0.400. The van der Waals surface area contributed by atoms with Gasteiger partial charge in [-0.2, -0.15) is 0 Å². The molecule has 0 atom stereocenters. The van der Waals surface area contributed by atoms with Crippen LogP contribution in [0.2, 0.25) is 10.0 Å². The zero-order chi connectivity index (χ0) is 11.3. The van der Waals surface area contributed by atoms with Crippen molar-refractivity contribution in [3.63, 3.8) is 0 Å². The molecule has 1 aromatic rings. The van der Waals surface area contributed by atoms with Gasteiger partial charge < -0.3 is 4.74 Å². The first-order valence-electron chi connectivity index (χ1n) is 4.41. The van der Waals surface area contributed by atoms with Crippen molar-refractivity contribution in [1.82, 2.24) is 0 Å². The summed E-state index contributed by atoms with van der Waals surface area (Å²) in [6.07, 6.45) is 0.362. The van der Waals surface area contributed by atoms with E-state index in [1.54, 1.807) is 12.1 Å². The van der Waals surface area contributed by atoms with Crippen molar-refractivity contribution in [2.45, 2.75) is 11.8 Å². The average molecular weight is 316 g/mol. The standard InChI is InChI=1S/C10H10BrCl2FO/c11-6-7-4-8(12)5-9(13)10(7)15-3-1-2-14/h4-5H,1-3,6H2. The molecular formula is C10H10BrCl2FO. The summed E-state index contributed by atoms with van der Waals surface area (Å²) >= 11 is 15.1. The van der Waals surface area contributed by atoms with E-state index in [1.165, 1.54) is 0 Å². The number of hydrogen-bond acceptors (Lipinski definition) is 1. The Hall–Kier alpha value is 0.01000. The van der Waals surface area contributed by atoms with Crippen LogP contribution in [0.4, 0.5) is 4.39 Å². The van der Waals surface area contributed by atoms with Gasteiger partial charge in [0.25, 0.3) is 0 Å². The van der Waals surface area contributed by atoms with E-state index in [2.05, 4.69) is 15.9 Å². The van der Waals surface area contributed by atoms with E-state index in [4.69, 9.17) is 27.9 Å². The Morgan fingerprint density at radius 3 is 2.67 bits per heavy atom. The quantitative estimate of drug-likeness (QED) is 0.569. The van der Waals surface area contributed by atoms with Crippen molar-refractivity contribution in [2.24, 2.45) is 0 Å². The summed E-state index contributed by atoms with van der Waals surface area (Å²) in [5.41, 5.74) is 0.867. The van der Waals surface area contributed by atoms with Crippen LogP contribution in [0.1, 0.15) is 12.0 Å². The van der Waals surface area contributed by atoms with Crippen LogP contribution in [-0.2, 0) is 5.33 Å².